The highest BCUT2D eigenvalue weighted by Crippen LogP contribution is 2.37. The van der Waals surface area contributed by atoms with Crippen LogP contribution in [0.4, 0.5) is 17.6 Å². The summed E-state index contributed by atoms with van der Waals surface area (Å²) >= 11 is 0. The van der Waals surface area contributed by atoms with Gasteiger partial charge in [0.2, 0.25) is 0 Å². The average Bonchev–Trinajstić information content (AvgIpc) is 2.46. The van der Waals surface area contributed by atoms with Gasteiger partial charge in [0.1, 0.15) is 5.82 Å². The first-order valence-corrected chi connectivity index (χ1v) is 6.47. The van der Waals surface area contributed by atoms with Gasteiger partial charge in [-0.3, -0.25) is 0 Å². The van der Waals surface area contributed by atoms with Crippen LogP contribution >= 0.6 is 0 Å². The number of carbonyl (C=O) groups is 1. The van der Waals surface area contributed by atoms with Crippen LogP contribution in [0.25, 0.3) is 11.1 Å². The van der Waals surface area contributed by atoms with Crippen LogP contribution < -0.4 is 0 Å². The number of alkyl halides is 3. The van der Waals surface area contributed by atoms with Crippen LogP contribution in [0.15, 0.2) is 42.5 Å². The molecule has 0 heterocycles. The summed E-state index contributed by atoms with van der Waals surface area (Å²) in [7, 11) is 0. The van der Waals surface area contributed by atoms with E-state index in [1.807, 2.05) is 0 Å². The Morgan fingerprint density at radius 1 is 1.14 bits per heavy atom. The van der Waals surface area contributed by atoms with Gasteiger partial charge >= 0.3 is 12.1 Å². The van der Waals surface area contributed by atoms with Gasteiger partial charge in [-0.2, -0.15) is 13.2 Å². The van der Waals surface area contributed by atoms with E-state index < -0.39 is 23.5 Å². The Labute approximate surface area is 124 Å². The number of carbonyl (C=O) groups excluding carboxylic acids is 1. The Morgan fingerprint density at radius 3 is 2.45 bits per heavy atom. The molecule has 2 rings (SSSR count). The number of halogens is 4. The lowest BCUT2D eigenvalue weighted by atomic mass is 9.97. The molecule has 0 aliphatic heterocycles. The predicted molar refractivity (Wildman–Crippen MR) is 72.8 cm³/mol. The third-order valence-electron chi connectivity index (χ3n) is 2.95. The zero-order valence-electron chi connectivity index (χ0n) is 11.6. The summed E-state index contributed by atoms with van der Waals surface area (Å²) in [5, 5.41) is 0. The fraction of sp³-hybridized carbons (Fsp3) is 0.188. The van der Waals surface area contributed by atoms with E-state index in [9.17, 15) is 22.4 Å². The van der Waals surface area contributed by atoms with Crippen LogP contribution in [-0.4, -0.2) is 12.6 Å². The Balaban J connectivity index is 2.57. The minimum atomic E-state index is -4.58. The van der Waals surface area contributed by atoms with Crippen LogP contribution in [0.2, 0.25) is 0 Å². The molecule has 0 atom stereocenters. The van der Waals surface area contributed by atoms with Gasteiger partial charge in [0.25, 0.3) is 0 Å². The summed E-state index contributed by atoms with van der Waals surface area (Å²) in [4.78, 5) is 11.7. The quantitative estimate of drug-likeness (QED) is 0.607. The van der Waals surface area contributed by atoms with E-state index in [1.54, 1.807) is 6.92 Å². The van der Waals surface area contributed by atoms with Crippen molar-refractivity contribution >= 4 is 5.97 Å². The summed E-state index contributed by atoms with van der Waals surface area (Å²) < 4.78 is 57.5. The van der Waals surface area contributed by atoms with E-state index in [4.69, 9.17) is 4.74 Å². The molecule has 0 unspecified atom stereocenters. The summed E-state index contributed by atoms with van der Waals surface area (Å²) in [6.45, 7) is 1.67. The highest BCUT2D eigenvalue weighted by atomic mass is 19.4. The second-order valence-corrected chi connectivity index (χ2v) is 4.49. The Kier molecular flexibility index (Phi) is 4.49. The van der Waals surface area contributed by atoms with Gasteiger partial charge < -0.3 is 4.74 Å². The van der Waals surface area contributed by atoms with Gasteiger partial charge in [-0.15, -0.1) is 0 Å². The number of benzene rings is 2. The van der Waals surface area contributed by atoms with Crippen molar-refractivity contribution in [3.05, 3.63) is 59.4 Å². The smallest absolute Gasteiger partial charge is 0.417 e. The maximum atomic E-state index is 13.7. The van der Waals surface area contributed by atoms with E-state index in [1.165, 1.54) is 24.3 Å². The average molecular weight is 312 g/mol. The topological polar surface area (TPSA) is 26.3 Å². The van der Waals surface area contributed by atoms with Crippen molar-refractivity contribution in [1.29, 1.82) is 0 Å². The van der Waals surface area contributed by atoms with Crippen LogP contribution in [-0.2, 0) is 10.9 Å². The fourth-order valence-corrected chi connectivity index (χ4v) is 2.06. The normalized spacial score (nSPS) is 11.3. The Hall–Kier alpha value is -2.37. The first-order chi connectivity index (χ1) is 10.3. The zero-order valence-corrected chi connectivity index (χ0v) is 11.6. The fourth-order valence-electron chi connectivity index (χ4n) is 2.06. The van der Waals surface area contributed by atoms with E-state index >= 15 is 0 Å². The Bertz CT molecular complexity index is 693. The van der Waals surface area contributed by atoms with Crippen LogP contribution in [0.1, 0.15) is 22.8 Å². The third-order valence-corrected chi connectivity index (χ3v) is 2.95. The van der Waals surface area contributed by atoms with Gasteiger partial charge in [0, 0.05) is 0 Å². The second kappa shape index (κ2) is 6.17. The number of rotatable bonds is 3. The monoisotopic (exact) mass is 312 g/mol. The minimum Gasteiger partial charge on any atom is -0.462 e. The molecule has 2 aromatic rings. The van der Waals surface area contributed by atoms with Crippen molar-refractivity contribution in [1.82, 2.24) is 0 Å². The maximum absolute atomic E-state index is 13.7. The minimum absolute atomic E-state index is 0.0315. The van der Waals surface area contributed by atoms with Crippen molar-refractivity contribution in [2.24, 2.45) is 0 Å². The molecule has 0 radical (unpaired) electrons. The van der Waals surface area contributed by atoms with E-state index in [-0.39, 0.29) is 23.3 Å². The third kappa shape index (κ3) is 3.44. The molecule has 0 aliphatic rings. The van der Waals surface area contributed by atoms with Gasteiger partial charge in [-0.25, -0.2) is 9.18 Å². The molecule has 0 spiro atoms. The number of hydrogen-bond donors (Lipinski definition) is 0. The van der Waals surface area contributed by atoms with Crippen molar-refractivity contribution in [3.63, 3.8) is 0 Å². The molecular weight excluding hydrogens is 300 g/mol. The van der Waals surface area contributed by atoms with Gasteiger partial charge in [0.15, 0.2) is 0 Å². The molecular formula is C16H12F4O2. The van der Waals surface area contributed by atoms with Crippen molar-refractivity contribution in [2.45, 2.75) is 13.1 Å². The summed E-state index contributed by atoms with van der Waals surface area (Å²) in [6.07, 6.45) is -4.58. The van der Waals surface area contributed by atoms with Crippen LogP contribution in [0.5, 0.6) is 0 Å². The maximum Gasteiger partial charge on any atom is 0.417 e. The number of hydrogen-bond acceptors (Lipinski definition) is 2. The Morgan fingerprint density at radius 2 is 1.82 bits per heavy atom. The molecule has 0 aromatic heterocycles. The number of ether oxygens (including phenoxy) is 1. The highest BCUT2D eigenvalue weighted by molar-refractivity contribution is 5.91. The first-order valence-electron chi connectivity index (χ1n) is 6.47. The van der Waals surface area contributed by atoms with Gasteiger partial charge in [-0.1, -0.05) is 18.2 Å². The van der Waals surface area contributed by atoms with E-state index in [2.05, 4.69) is 0 Å². The molecule has 0 fully saturated rings. The molecule has 2 nitrogen and oxygen atoms in total. The largest absolute Gasteiger partial charge is 0.462 e. The van der Waals surface area contributed by atoms with E-state index in [0.717, 1.165) is 18.2 Å². The van der Waals surface area contributed by atoms with Crippen molar-refractivity contribution in [2.75, 3.05) is 6.61 Å². The van der Waals surface area contributed by atoms with Gasteiger partial charge in [0.05, 0.1) is 17.7 Å². The zero-order chi connectivity index (χ0) is 16.3. The second-order valence-electron chi connectivity index (χ2n) is 4.49. The van der Waals surface area contributed by atoms with Gasteiger partial charge in [-0.05, 0) is 42.3 Å². The first kappa shape index (κ1) is 16.0. The molecule has 0 bridgehead atoms. The molecule has 6 heteroatoms. The molecule has 0 aliphatic carbocycles. The molecule has 2 aromatic carbocycles. The number of esters is 1. The molecule has 0 amide bonds. The van der Waals surface area contributed by atoms with Crippen molar-refractivity contribution in [3.8, 4) is 11.1 Å². The molecule has 22 heavy (non-hydrogen) atoms. The lowest BCUT2D eigenvalue weighted by Gasteiger charge is -2.13. The molecule has 0 saturated carbocycles. The summed E-state index contributed by atoms with van der Waals surface area (Å²) in [5.41, 5.74) is -1.25. The van der Waals surface area contributed by atoms with E-state index in [0.29, 0.717) is 0 Å². The van der Waals surface area contributed by atoms with Crippen molar-refractivity contribution < 1.29 is 27.1 Å². The lowest BCUT2D eigenvalue weighted by Crippen LogP contribution is -2.08. The predicted octanol–water partition coefficient (Wildman–Crippen LogP) is 4.69. The molecule has 0 N–H and O–H groups in total. The highest BCUT2D eigenvalue weighted by Gasteiger charge is 2.33. The summed E-state index contributed by atoms with van der Waals surface area (Å²) in [5.74, 6) is -1.59. The molecule has 116 valence electrons. The standard InChI is InChI=1S/C16H12F4O2/c1-2-22-15(21)11-7-10(8-12(17)9-11)13-5-3-4-6-14(13)16(18,19)20/h3-9H,2H2,1H3. The van der Waals surface area contributed by atoms with Crippen LogP contribution in [0, 0.1) is 5.82 Å². The van der Waals surface area contributed by atoms with Crippen LogP contribution in [0.3, 0.4) is 0 Å². The SMILES string of the molecule is CCOC(=O)c1cc(F)cc(-c2ccccc2C(F)(F)F)c1. The summed E-state index contributed by atoms with van der Waals surface area (Å²) in [6, 6.07) is 7.87. The molecule has 0 saturated heterocycles. The lowest BCUT2D eigenvalue weighted by molar-refractivity contribution is -0.137.